The highest BCUT2D eigenvalue weighted by Crippen LogP contribution is 2.47. The van der Waals surface area contributed by atoms with Crippen molar-refractivity contribution in [3.8, 4) is 0 Å². The van der Waals surface area contributed by atoms with Crippen molar-refractivity contribution in [3.63, 3.8) is 0 Å². The molecule has 77 heavy (non-hydrogen) atoms. The molecule has 0 bridgehead atoms. The molecule has 2 unspecified atom stereocenters. The number of fused-ring (bicyclic) bond motifs is 4. The minimum Gasteiger partial charge on any atom is -0.335 e. The van der Waals surface area contributed by atoms with Crippen LogP contribution in [-0.4, -0.2) is 89.2 Å². The molecule has 6 aromatic rings. The van der Waals surface area contributed by atoms with Crippen molar-refractivity contribution in [2.75, 3.05) is 26.2 Å². The number of rotatable bonds is 9. The second-order valence-electron chi connectivity index (χ2n) is 22.5. The molecule has 14 heteroatoms. The van der Waals surface area contributed by atoms with Crippen molar-refractivity contribution in [2.24, 2.45) is 11.8 Å². The number of nitrogens with one attached hydrogen (secondary N) is 2. The molecule has 2 saturated heterocycles. The van der Waals surface area contributed by atoms with Gasteiger partial charge in [-0.2, -0.15) is 0 Å². The summed E-state index contributed by atoms with van der Waals surface area (Å²) in [4.78, 5) is 48.9. The number of halogens is 2. The van der Waals surface area contributed by atoms with Crippen LogP contribution in [0.4, 0.5) is 9.59 Å². The Morgan fingerprint density at radius 3 is 1.47 bits per heavy atom. The monoisotopic (exact) mass is 1070 g/mol. The first kappa shape index (κ1) is 52.8. The molecule has 0 radical (unpaired) electrons. The Labute approximate surface area is 464 Å². The third kappa shape index (κ3) is 12.1. The van der Waals surface area contributed by atoms with E-state index in [2.05, 4.69) is 78.3 Å². The highest BCUT2D eigenvalue weighted by molar-refractivity contribution is 6.31. The van der Waals surface area contributed by atoms with Gasteiger partial charge in [-0.15, -0.1) is 0 Å². The number of aromatic nitrogens is 6. The molecule has 12 rings (SSSR count). The molecule has 4 aliphatic carbocycles. The normalized spacial score (nSPS) is 20.2. The fraction of sp³-hybridized carbons (Fsp3) is 0.460. The number of carbonyl (C=O) groups excluding carboxylic acids is 2. The molecule has 0 spiro atoms. The molecular formula is C63H74Cl2N10O2. The van der Waals surface area contributed by atoms with E-state index in [1.165, 1.54) is 77.5 Å². The Balaban J connectivity index is 0.000000164. The fourth-order valence-electron chi connectivity index (χ4n) is 13.4. The Morgan fingerprint density at radius 1 is 0.545 bits per heavy atom. The summed E-state index contributed by atoms with van der Waals surface area (Å²) in [6.45, 7) is 8.78. The summed E-state index contributed by atoms with van der Waals surface area (Å²) < 4.78 is 4.38. The van der Waals surface area contributed by atoms with Crippen LogP contribution in [0.3, 0.4) is 0 Å². The Hall–Kier alpha value is -6.24. The van der Waals surface area contributed by atoms with Gasteiger partial charge in [0.05, 0.1) is 11.4 Å². The molecule has 2 aliphatic heterocycles. The third-order valence-corrected chi connectivity index (χ3v) is 18.1. The number of carbonyl (C=O) groups is 2. The molecule has 2 aromatic carbocycles. The van der Waals surface area contributed by atoms with Gasteiger partial charge in [-0.1, -0.05) is 86.0 Å². The molecule has 4 fully saturated rings. The number of nitrogens with zero attached hydrogens (tertiary/aromatic N) is 8. The van der Waals surface area contributed by atoms with Gasteiger partial charge in [0.25, 0.3) is 0 Å². The second-order valence-corrected chi connectivity index (χ2v) is 23.3. The van der Waals surface area contributed by atoms with Crippen LogP contribution in [0, 0.1) is 25.7 Å². The van der Waals surface area contributed by atoms with E-state index in [0.29, 0.717) is 23.9 Å². The molecule has 4 aromatic heterocycles. The van der Waals surface area contributed by atoms with Gasteiger partial charge in [0.15, 0.2) is 0 Å². The molecule has 402 valence electrons. The van der Waals surface area contributed by atoms with Crippen molar-refractivity contribution in [3.05, 3.63) is 164 Å². The van der Waals surface area contributed by atoms with Gasteiger partial charge >= 0.3 is 12.1 Å². The summed E-state index contributed by atoms with van der Waals surface area (Å²) in [5.41, 5.74) is 12.1. The lowest BCUT2D eigenvalue weighted by atomic mass is 9.76. The summed E-state index contributed by atoms with van der Waals surface area (Å²) in [6.07, 6.45) is 32.9. The number of hydrogen-bond donors (Lipinski definition) is 2. The average molecular weight is 1070 g/mol. The number of benzene rings is 2. The number of allylic oxidation sites excluding steroid dienone is 2. The lowest BCUT2D eigenvalue weighted by molar-refractivity contribution is 0.159. The summed E-state index contributed by atoms with van der Waals surface area (Å²) in [5, 5.41) is 8.11. The van der Waals surface area contributed by atoms with E-state index in [1.54, 1.807) is 0 Å². The van der Waals surface area contributed by atoms with E-state index in [4.69, 9.17) is 33.2 Å². The third-order valence-electron chi connectivity index (χ3n) is 17.7. The minimum absolute atomic E-state index is 0.113. The van der Waals surface area contributed by atoms with Gasteiger partial charge in [-0.05, 0) is 177 Å². The maximum Gasteiger partial charge on any atom is 0.317 e. The number of imidazole rings is 2. The lowest BCUT2D eigenvalue weighted by Crippen LogP contribution is -2.48. The molecule has 2 atom stereocenters. The largest absolute Gasteiger partial charge is 0.335 e. The van der Waals surface area contributed by atoms with E-state index < -0.39 is 0 Å². The van der Waals surface area contributed by atoms with Crippen LogP contribution in [0.2, 0.25) is 10.0 Å². The van der Waals surface area contributed by atoms with Crippen LogP contribution >= 0.6 is 23.2 Å². The quantitative estimate of drug-likeness (QED) is 0.149. The van der Waals surface area contributed by atoms with Crippen molar-refractivity contribution >= 4 is 58.6 Å². The van der Waals surface area contributed by atoms with Crippen molar-refractivity contribution < 1.29 is 9.59 Å². The molecule has 6 heterocycles. The minimum atomic E-state index is 0.113. The number of likely N-dealkylation sites (tertiary alicyclic amines) is 2. The lowest BCUT2D eigenvalue weighted by Gasteiger charge is -2.37. The predicted octanol–water partition coefficient (Wildman–Crippen LogP) is 13.8. The summed E-state index contributed by atoms with van der Waals surface area (Å²) in [7, 11) is 0. The maximum atomic E-state index is 13.0. The van der Waals surface area contributed by atoms with Crippen LogP contribution in [-0.2, 0) is 13.1 Å². The number of urea groups is 2. The van der Waals surface area contributed by atoms with Gasteiger partial charge < -0.3 is 29.6 Å². The fourth-order valence-corrected chi connectivity index (χ4v) is 13.8. The van der Waals surface area contributed by atoms with E-state index in [1.807, 2.05) is 85.1 Å². The van der Waals surface area contributed by atoms with Crippen LogP contribution in [0.1, 0.15) is 165 Å². The van der Waals surface area contributed by atoms with Crippen molar-refractivity contribution in [2.45, 2.75) is 147 Å². The zero-order valence-corrected chi connectivity index (χ0v) is 46.4. The highest BCUT2D eigenvalue weighted by atomic mass is 35.5. The summed E-state index contributed by atoms with van der Waals surface area (Å²) >= 11 is 13.2. The van der Waals surface area contributed by atoms with Gasteiger partial charge in [0.2, 0.25) is 0 Å². The first-order chi connectivity index (χ1) is 37.6. The zero-order valence-electron chi connectivity index (χ0n) is 44.9. The van der Waals surface area contributed by atoms with Gasteiger partial charge in [-0.3, -0.25) is 9.97 Å². The topological polar surface area (TPSA) is 126 Å². The number of aryl methyl sites for hydroxylation is 3. The van der Waals surface area contributed by atoms with Gasteiger partial charge in [-0.25, -0.2) is 19.6 Å². The van der Waals surface area contributed by atoms with Crippen LogP contribution in [0.15, 0.2) is 97.8 Å². The first-order valence-corrected chi connectivity index (χ1v) is 29.4. The Bertz CT molecular complexity index is 3100. The van der Waals surface area contributed by atoms with Crippen LogP contribution in [0.25, 0.3) is 23.3 Å². The Kier molecular flexibility index (Phi) is 16.6. The number of piperidine rings is 2. The van der Waals surface area contributed by atoms with E-state index in [-0.39, 0.29) is 23.9 Å². The molecule has 2 N–H and O–H groups in total. The maximum absolute atomic E-state index is 13.0. The smallest absolute Gasteiger partial charge is 0.317 e. The molecule has 12 nitrogen and oxygen atoms in total. The Morgan fingerprint density at radius 2 is 1.00 bits per heavy atom. The SMILES string of the molecule is Cc1nccn1CC1=Cc2cccnc2C(C2CCN(C(=O)NC3CCCCC3)CC2)c2ccc(Cl)cc21.Cc1nccn1CCC1=Cc2cccnc2C(C2CCN(C(=O)NC3CCCCC3)CC2)c2ccc(Cl)cc21. The first-order valence-electron chi connectivity index (χ1n) is 28.6. The average Bonchev–Trinajstić information content (AvgIpc) is 4.01. The van der Waals surface area contributed by atoms with Crippen molar-refractivity contribution in [1.29, 1.82) is 0 Å². The molecule has 2 saturated carbocycles. The second kappa shape index (κ2) is 24.2. The molecule has 6 aliphatic rings. The predicted molar refractivity (Wildman–Crippen MR) is 309 cm³/mol. The van der Waals surface area contributed by atoms with Crippen LogP contribution < -0.4 is 10.6 Å². The molecule has 4 amide bonds. The summed E-state index contributed by atoms with van der Waals surface area (Å²) in [5.74, 6) is 3.13. The standard InChI is InChI=1S/C32H38ClN5O.C31H36ClN5O/c1-22-34-15-19-37(22)16-13-24-20-25-6-5-14-35-31(25)30(28-10-9-26(33)21-29(24)28)23-11-17-38(18-12-23)32(39)36-27-7-3-2-4-8-27;1-21-33-14-17-37(21)20-24-18-23-6-5-13-34-30(23)29(27-10-9-25(32)19-28(24)27)22-11-15-36(16-12-22)31(38)35-26-7-3-2-4-8-26/h5-6,9-10,14-15,19-21,23,27,30H,2-4,7-8,11-13,16-18H2,1H3,(H,36,39);5-6,9-10,13-14,17-19,22,26,29H,2-4,7-8,11-12,15-16,20H2,1H3,(H,35,38). The highest BCUT2D eigenvalue weighted by Gasteiger charge is 2.38. The van der Waals surface area contributed by atoms with Gasteiger partial charge in [0, 0.05) is 110 Å². The van der Waals surface area contributed by atoms with E-state index in [0.717, 1.165) is 136 Å². The number of hydrogen-bond acceptors (Lipinski definition) is 6. The zero-order chi connectivity index (χ0) is 52.8. The van der Waals surface area contributed by atoms with Crippen molar-refractivity contribution in [1.82, 2.24) is 49.5 Å². The van der Waals surface area contributed by atoms with Crippen LogP contribution in [0.5, 0.6) is 0 Å². The number of pyridine rings is 2. The van der Waals surface area contributed by atoms with Gasteiger partial charge in [0.1, 0.15) is 11.6 Å². The molecular weight excluding hydrogens is 1000 g/mol. The van der Waals surface area contributed by atoms with E-state index >= 15 is 0 Å². The summed E-state index contributed by atoms with van der Waals surface area (Å²) in [6, 6.07) is 22.0. The van der Waals surface area contributed by atoms with E-state index in [9.17, 15) is 9.59 Å². The number of amides is 4.